The van der Waals surface area contributed by atoms with Crippen LogP contribution < -0.4 is 16.0 Å². The van der Waals surface area contributed by atoms with Crippen LogP contribution in [0.2, 0.25) is 5.02 Å². The molecule has 1 atom stereocenters. The van der Waals surface area contributed by atoms with Gasteiger partial charge in [-0.2, -0.15) is 0 Å². The van der Waals surface area contributed by atoms with E-state index in [0.29, 0.717) is 38.5 Å². The fourth-order valence-electron chi connectivity index (χ4n) is 3.52. The average molecular weight is 425 g/mol. The number of halogens is 3. The first-order chi connectivity index (χ1) is 11.5. The van der Waals surface area contributed by atoms with Crippen molar-refractivity contribution in [1.82, 2.24) is 5.32 Å². The highest BCUT2D eigenvalue weighted by molar-refractivity contribution is 6.30. The number of nitrogens with two attached hydrogens (primary N) is 1. The SMILES string of the molecule is Cc1ccc(Cl)cc1N1CCC(CNC(=O)C2(N)CCOCC2)C1.Cl.Cl. The summed E-state index contributed by atoms with van der Waals surface area (Å²) in [5, 5.41) is 3.82. The molecule has 8 heteroatoms. The van der Waals surface area contributed by atoms with Crippen molar-refractivity contribution in [3.8, 4) is 0 Å². The molecular weight excluding hydrogens is 397 g/mol. The summed E-state index contributed by atoms with van der Waals surface area (Å²) in [6, 6.07) is 5.99. The topological polar surface area (TPSA) is 67.6 Å². The number of aryl methyl sites for hydroxylation is 1. The maximum atomic E-state index is 12.4. The van der Waals surface area contributed by atoms with Crippen molar-refractivity contribution in [2.45, 2.75) is 31.7 Å². The van der Waals surface area contributed by atoms with Crippen LogP contribution in [0.3, 0.4) is 0 Å². The minimum Gasteiger partial charge on any atom is -0.381 e. The standard InChI is InChI=1S/C18H26ClN3O2.2ClH/c1-13-2-3-15(19)10-16(13)22-7-4-14(12-22)11-21-17(23)18(20)5-8-24-9-6-18;;/h2-3,10,14H,4-9,11-12,20H2,1H3,(H,21,23);2*1H. The third-order valence-corrected chi connectivity index (χ3v) is 5.42. The van der Waals surface area contributed by atoms with Crippen LogP contribution in [0, 0.1) is 12.8 Å². The second kappa shape index (κ2) is 10.00. The third-order valence-electron chi connectivity index (χ3n) is 5.19. The van der Waals surface area contributed by atoms with Gasteiger partial charge in [-0.05, 0) is 49.8 Å². The van der Waals surface area contributed by atoms with Gasteiger partial charge in [0, 0.05) is 43.6 Å². The molecule has 2 aliphatic rings. The van der Waals surface area contributed by atoms with Crippen LogP contribution in [-0.4, -0.2) is 44.3 Å². The largest absolute Gasteiger partial charge is 0.381 e. The Labute approximate surface area is 172 Å². The molecule has 2 saturated heterocycles. The van der Waals surface area contributed by atoms with E-state index in [9.17, 15) is 4.79 Å². The summed E-state index contributed by atoms with van der Waals surface area (Å²) in [7, 11) is 0. The fraction of sp³-hybridized carbons (Fsp3) is 0.611. The summed E-state index contributed by atoms with van der Waals surface area (Å²) in [6.07, 6.45) is 2.25. The van der Waals surface area contributed by atoms with Gasteiger partial charge in [-0.1, -0.05) is 17.7 Å². The van der Waals surface area contributed by atoms with Gasteiger partial charge in [0.1, 0.15) is 0 Å². The Kier molecular flexibility index (Phi) is 8.97. The van der Waals surface area contributed by atoms with Gasteiger partial charge in [-0.25, -0.2) is 0 Å². The molecule has 0 saturated carbocycles. The zero-order valence-electron chi connectivity index (χ0n) is 15.0. The lowest BCUT2D eigenvalue weighted by Gasteiger charge is -2.32. The van der Waals surface area contributed by atoms with Crippen molar-refractivity contribution < 1.29 is 9.53 Å². The van der Waals surface area contributed by atoms with E-state index in [-0.39, 0.29) is 30.7 Å². The second-order valence-electron chi connectivity index (χ2n) is 7.01. The van der Waals surface area contributed by atoms with E-state index in [1.807, 2.05) is 12.1 Å². The van der Waals surface area contributed by atoms with Crippen molar-refractivity contribution in [1.29, 1.82) is 0 Å². The van der Waals surface area contributed by atoms with Gasteiger partial charge < -0.3 is 20.7 Å². The quantitative estimate of drug-likeness (QED) is 0.780. The number of nitrogens with zero attached hydrogens (tertiary/aromatic N) is 1. The lowest BCUT2D eigenvalue weighted by atomic mass is 9.90. The van der Waals surface area contributed by atoms with E-state index in [1.54, 1.807) is 0 Å². The average Bonchev–Trinajstić information content (AvgIpc) is 3.04. The first-order valence-electron chi connectivity index (χ1n) is 8.64. The van der Waals surface area contributed by atoms with Crippen LogP contribution in [0.15, 0.2) is 18.2 Å². The summed E-state index contributed by atoms with van der Waals surface area (Å²) in [5.41, 5.74) is 7.88. The van der Waals surface area contributed by atoms with Crippen molar-refractivity contribution in [3.05, 3.63) is 28.8 Å². The monoisotopic (exact) mass is 423 g/mol. The summed E-state index contributed by atoms with van der Waals surface area (Å²) in [4.78, 5) is 14.8. The van der Waals surface area contributed by atoms with E-state index in [4.69, 9.17) is 22.1 Å². The van der Waals surface area contributed by atoms with E-state index in [1.165, 1.54) is 11.3 Å². The molecule has 1 aromatic carbocycles. The van der Waals surface area contributed by atoms with Crippen LogP contribution in [0.25, 0.3) is 0 Å². The van der Waals surface area contributed by atoms with Gasteiger partial charge in [-0.3, -0.25) is 4.79 Å². The summed E-state index contributed by atoms with van der Waals surface area (Å²) in [6.45, 7) is 5.83. The Morgan fingerprint density at radius 2 is 2.08 bits per heavy atom. The first kappa shape index (κ1) is 23.3. The Bertz CT molecular complexity index is 609. The van der Waals surface area contributed by atoms with Gasteiger partial charge >= 0.3 is 0 Å². The van der Waals surface area contributed by atoms with Crippen molar-refractivity contribution in [2.24, 2.45) is 11.7 Å². The minimum atomic E-state index is -0.764. The van der Waals surface area contributed by atoms with E-state index in [2.05, 4.69) is 23.2 Å². The number of ether oxygens (including phenoxy) is 1. The van der Waals surface area contributed by atoms with E-state index >= 15 is 0 Å². The smallest absolute Gasteiger partial charge is 0.240 e. The zero-order valence-corrected chi connectivity index (χ0v) is 17.4. The Morgan fingerprint density at radius 3 is 2.77 bits per heavy atom. The molecule has 2 aliphatic heterocycles. The Hall–Kier alpha value is -0.720. The van der Waals surface area contributed by atoms with Gasteiger partial charge in [0.15, 0.2) is 0 Å². The molecule has 1 amide bonds. The van der Waals surface area contributed by atoms with Crippen molar-refractivity contribution >= 4 is 48.0 Å². The number of carbonyl (C=O) groups excluding carboxylic acids is 1. The molecule has 1 unspecified atom stereocenters. The molecule has 3 rings (SSSR count). The van der Waals surface area contributed by atoms with Gasteiger partial charge in [0.25, 0.3) is 0 Å². The van der Waals surface area contributed by atoms with Crippen molar-refractivity contribution in [3.63, 3.8) is 0 Å². The number of rotatable bonds is 4. The molecule has 0 spiro atoms. The summed E-state index contributed by atoms with van der Waals surface area (Å²) < 4.78 is 5.30. The molecule has 0 aromatic heterocycles. The lowest BCUT2D eigenvalue weighted by Crippen LogP contribution is -2.57. The predicted octanol–water partition coefficient (Wildman–Crippen LogP) is 2.94. The number of benzene rings is 1. The normalized spacial score (nSPS) is 21.5. The first-order valence-corrected chi connectivity index (χ1v) is 9.02. The molecule has 2 heterocycles. The summed E-state index contributed by atoms with van der Waals surface area (Å²) >= 11 is 6.13. The highest BCUT2D eigenvalue weighted by Gasteiger charge is 2.36. The van der Waals surface area contributed by atoms with Crippen LogP contribution >= 0.6 is 36.4 Å². The molecule has 0 aliphatic carbocycles. The molecule has 148 valence electrons. The zero-order chi connectivity index (χ0) is 17.2. The lowest BCUT2D eigenvalue weighted by molar-refractivity contribution is -0.129. The van der Waals surface area contributed by atoms with Crippen LogP contribution in [-0.2, 0) is 9.53 Å². The number of hydrogen-bond acceptors (Lipinski definition) is 4. The summed E-state index contributed by atoms with van der Waals surface area (Å²) in [5.74, 6) is 0.402. The molecule has 2 fully saturated rings. The maximum Gasteiger partial charge on any atom is 0.240 e. The molecule has 1 aromatic rings. The van der Waals surface area contributed by atoms with Gasteiger partial charge in [0.05, 0.1) is 5.54 Å². The Balaban J connectivity index is 0.00000169. The number of nitrogens with one attached hydrogen (secondary N) is 1. The molecule has 26 heavy (non-hydrogen) atoms. The third kappa shape index (κ3) is 5.40. The number of amides is 1. The minimum absolute atomic E-state index is 0. The van der Waals surface area contributed by atoms with E-state index in [0.717, 1.165) is 24.5 Å². The van der Waals surface area contributed by atoms with Crippen molar-refractivity contribution in [2.75, 3.05) is 37.7 Å². The Morgan fingerprint density at radius 1 is 1.38 bits per heavy atom. The fourth-order valence-corrected chi connectivity index (χ4v) is 3.68. The molecular formula is C18H28Cl3N3O2. The van der Waals surface area contributed by atoms with E-state index < -0.39 is 5.54 Å². The number of hydrogen-bond donors (Lipinski definition) is 2. The molecule has 0 radical (unpaired) electrons. The highest BCUT2D eigenvalue weighted by atomic mass is 35.5. The van der Waals surface area contributed by atoms with Crippen LogP contribution in [0.5, 0.6) is 0 Å². The second-order valence-corrected chi connectivity index (χ2v) is 7.45. The highest BCUT2D eigenvalue weighted by Crippen LogP contribution is 2.29. The van der Waals surface area contributed by atoms with Crippen LogP contribution in [0.4, 0.5) is 5.69 Å². The predicted molar refractivity (Wildman–Crippen MR) is 111 cm³/mol. The van der Waals surface area contributed by atoms with Crippen LogP contribution in [0.1, 0.15) is 24.8 Å². The molecule has 0 bridgehead atoms. The number of anilines is 1. The molecule has 5 nitrogen and oxygen atoms in total. The van der Waals surface area contributed by atoms with Gasteiger partial charge in [0.2, 0.25) is 5.91 Å². The maximum absolute atomic E-state index is 12.4. The number of carbonyl (C=O) groups is 1. The molecule has 3 N–H and O–H groups in total. The van der Waals surface area contributed by atoms with Gasteiger partial charge in [-0.15, -0.1) is 24.8 Å².